The minimum atomic E-state index is -2.40. The molecule has 0 amide bonds. The molecule has 1 aliphatic rings. The van der Waals surface area contributed by atoms with E-state index in [1.807, 2.05) is 50.2 Å². The number of hydrogen-bond donors (Lipinski definition) is 0. The van der Waals surface area contributed by atoms with E-state index in [-0.39, 0.29) is 22.0 Å². The van der Waals surface area contributed by atoms with Crippen molar-refractivity contribution >= 4 is 21.9 Å². The molecule has 2 aromatic heterocycles. The van der Waals surface area contributed by atoms with Crippen molar-refractivity contribution in [2.45, 2.75) is 80.4 Å². The molecule has 3 aromatic carbocycles. The Morgan fingerprint density at radius 2 is 1.64 bits per heavy atom. The van der Waals surface area contributed by atoms with Gasteiger partial charge in [0, 0.05) is 32.1 Å². The van der Waals surface area contributed by atoms with Gasteiger partial charge >= 0.3 is 0 Å². The van der Waals surface area contributed by atoms with E-state index in [2.05, 4.69) is 38.7 Å². The molecule has 0 aliphatic heterocycles. The second-order valence-electron chi connectivity index (χ2n) is 12.6. The lowest BCUT2D eigenvalue weighted by molar-refractivity contribution is 0.0727. The molecule has 0 saturated heterocycles. The van der Waals surface area contributed by atoms with E-state index >= 15 is 0 Å². The topological polar surface area (TPSA) is 26.0 Å². The Morgan fingerprint density at radius 1 is 0.846 bits per heavy atom. The Balaban J connectivity index is 1.53. The summed E-state index contributed by atoms with van der Waals surface area (Å²) in [6.45, 7) is 7.96. The predicted octanol–water partition coefficient (Wildman–Crippen LogP) is 10.9. The summed E-state index contributed by atoms with van der Waals surface area (Å²) in [4.78, 5) is 4.63. The number of nitrogens with zero attached hydrogens (tertiary/aromatic N) is 1. The zero-order valence-corrected chi connectivity index (χ0v) is 23.8. The fraction of sp³-hybridized carbons (Fsp3) is 0.378. The van der Waals surface area contributed by atoms with Crippen LogP contribution in [0, 0.1) is 38.4 Å². The SMILES string of the molecule is [2H]C([2H])([2H])c1cc(C)c2c(c1)oc1c(-c3cc(-c4ccc(C5([2H])C(C)(C)CCCC5(C)C)cc4C)c(C([2H])([2H])[2H])cn3)cccc12. The maximum Gasteiger partial charge on any atom is 0.144 e. The predicted molar refractivity (Wildman–Crippen MR) is 165 cm³/mol. The van der Waals surface area contributed by atoms with Crippen molar-refractivity contribution in [1.29, 1.82) is 0 Å². The molecule has 6 rings (SSSR count). The van der Waals surface area contributed by atoms with Crippen LogP contribution in [0.15, 0.2) is 65.2 Å². The molecule has 1 aliphatic carbocycles. The van der Waals surface area contributed by atoms with E-state index in [9.17, 15) is 1.37 Å². The van der Waals surface area contributed by atoms with Crippen molar-refractivity contribution < 1.29 is 14.0 Å². The van der Waals surface area contributed by atoms with Gasteiger partial charge < -0.3 is 4.42 Å². The van der Waals surface area contributed by atoms with Crippen molar-refractivity contribution in [2.75, 3.05) is 0 Å². The van der Waals surface area contributed by atoms with Crippen molar-refractivity contribution in [3.05, 3.63) is 88.6 Å². The molecule has 2 heterocycles. The summed E-state index contributed by atoms with van der Waals surface area (Å²) in [6, 6.07) is 16.9. The molecular weight excluding hydrogens is 474 g/mol. The van der Waals surface area contributed by atoms with E-state index in [1.54, 1.807) is 12.1 Å². The molecule has 39 heavy (non-hydrogen) atoms. The van der Waals surface area contributed by atoms with Crippen molar-refractivity contribution in [2.24, 2.45) is 10.8 Å². The van der Waals surface area contributed by atoms with Crippen LogP contribution in [0.4, 0.5) is 0 Å². The lowest BCUT2D eigenvalue weighted by atomic mass is 9.55. The number of benzene rings is 3. The summed E-state index contributed by atoms with van der Waals surface area (Å²) in [7, 11) is 0. The van der Waals surface area contributed by atoms with Crippen molar-refractivity contribution in [3.63, 3.8) is 0 Å². The first-order chi connectivity index (χ1) is 21.3. The van der Waals surface area contributed by atoms with E-state index in [0.717, 1.165) is 52.3 Å². The lowest BCUT2D eigenvalue weighted by Gasteiger charge is -2.50. The van der Waals surface area contributed by atoms with Crippen LogP contribution >= 0.6 is 0 Å². The Kier molecular flexibility index (Phi) is 4.38. The van der Waals surface area contributed by atoms with Gasteiger partial charge in [0.25, 0.3) is 0 Å². The van der Waals surface area contributed by atoms with E-state index < -0.39 is 19.6 Å². The third-order valence-electron chi connectivity index (χ3n) is 8.74. The zero-order valence-electron chi connectivity index (χ0n) is 30.8. The van der Waals surface area contributed by atoms with Crippen LogP contribution in [0.5, 0.6) is 0 Å². The molecule has 1 saturated carbocycles. The summed E-state index contributed by atoms with van der Waals surface area (Å²) in [5, 5.41) is 1.68. The molecule has 0 atom stereocenters. The highest BCUT2D eigenvalue weighted by Gasteiger charge is 2.44. The average Bonchev–Trinajstić information content (AvgIpc) is 3.34. The highest BCUT2D eigenvalue weighted by molar-refractivity contribution is 6.10. The monoisotopic (exact) mass is 522 g/mol. The van der Waals surface area contributed by atoms with Gasteiger partial charge in [0.05, 0.1) is 5.69 Å². The average molecular weight is 523 g/mol. The zero-order chi connectivity index (χ0) is 33.6. The summed E-state index contributed by atoms with van der Waals surface area (Å²) in [5.41, 5.74) is 6.19. The number of rotatable bonds is 3. The quantitative estimate of drug-likeness (QED) is 0.235. The van der Waals surface area contributed by atoms with Gasteiger partial charge in [-0.2, -0.15) is 0 Å². The first-order valence-corrected chi connectivity index (χ1v) is 13.8. The van der Waals surface area contributed by atoms with Crippen molar-refractivity contribution in [3.8, 4) is 22.4 Å². The third kappa shape index (κ3) is 4.29. The number of aromatic nitrogens is 1. The largest absolute Gasteiger partial charge is 0.455 e. The maximum absolute atomic E-state index is 9.87. The number of fused-ring (bicyclic) bond motifs is 3. The van der Waals surface area contributed by atoms with E-state index in [4.69, 9.17) is 12.6 Å². The van der Waals surface area contributed by atoms with Gasteiger partial charge in [0.1, 0.15) is 11.2 Å². The minimum Gasteiger partial charge on any atom is -0.455 e. The smallest absolute Gasteiger partial charge is 0.144 e. The van der Waals surface area contributed by atoms with E-state index in [0.29, 0.717) is 28.0 Å². The fourth-order valence-electron chi connectivity index (χ4n) is 7.20. The van der Waals surface area contributed by atoms with Crippen molar-refractivity contribution in [1.82, 2.24) is 4.98 Å². The number of furan rings is 1. The summed E-state index contributed by atoms with van der Waals surface area (Å²) < 4.78 is 64.9. The molecule has 0 unspecified atom stereocenters. The molecule has 0 N–H and O–H groups in total. The van der Waals surface area contributed by atoms with Crippen LogP contribution in [0.3, 0.4) is 0 Å². The van der Waals surface area contributed by atoms with E-state index in [1.165, 1.54) is 6.20 Å². The Labute approximate surface area is 243 Å². The van der Waals surface area contributed by atoms with Crippen LogP contribution < -0.4 is 0 Å². The highest BCUT2D eigenvalue weighted by Crippen LogP contribution is 2.56. The van der Waals surface area contributed by atoms with Gasteiger partial charge in [-0.15, -0.1) is 0 Å². The summed E-state index contributed by atoms with van der Waals surface area (Å²) >= 11 is 0. The lowest BCUT2D eigenvalue weighted by Crippen LogP contribution is -2.38. The van der Waals surface area contributed by atoms with Crippen LogP contribution in [0.25, 0.3) is 44.3 Å². The normalized spacial score (nSPS) is 21.3. The highest BCUT2D eigenvalue weighted by atomic mass is 16.3. The second-order valence-corrected chi connectivity index (χ2v) is 12.6. The Hall–Kier alpha value is -3.39. The number of pyridine rings is 1. The van der Waals surface area contributed by atoms with Crippen LogP contribution in [-0.2, 0) is 0 Å². The maximum atomic E-state index is 9.87. The molecule has 5 aromatic rings. The Bertz CT molecular complexity index is 1980. The molecule has 0 bridgehead atoms. The first-order valence-electron chi connectivity index (χ1n) is 17.3. The summed E-state index contributed by atoms with van der Waals surface area (Å²) in [5.74, 6) is -0.813. The Morgan fingerprint density at radius 3 is 2.36 bits per heavy atom. The number of aryl methyl sites for hydroxylation is 4. The van der Waals surface area contributed by atoms with Gasteiger partial charge in [-0.25, -0.2) is 0 Å². The molecule has 0 spiro atoms. The van der Waals surface area contributed by atoms with Gasteiger partial charge in [-0.3, -0.25) is 4.98 Å². The minimum absolute atomic E-state index is 0.154. The van der Waals surface area contributed by atoms with Crippen LogP contribution in [0.1, 0.15) is 90.3 Å². The van der Waals surface area contributed by atoms with Gasteiger partial charge in [0.15, 0.2) is 0 Å². The number of para-hydroxylation sites is 1. The summed E-state index contributed by atoms with van der Waals surface area (Å²) in [6.07, 6.45) is 4.48. The van der Waals surface area contributed by atoms with Gasteiger partial charge in [-0.1, -0.05) is 70.5 Å². The van der Waals surface area contributed by atoms with Gasteiger partial charge in [-0.05, 0) is 114 Å². The molecule has 200 valence electrons. The molecule has 1 fully saturated rings. The molecule has 0 radical (unpaired) electrons. The fourth-order valence-corrected chi connectivity index (χ4v) is 7.20. The first kappa shape index (κ1) is 18.8. The molecule has 2 nitrogen and oxygen atoms in total. The third-order valence-corrected chi connectivity index (χ3v) is 8.74. The number of hydrogen-bond acceptors (Lipinski definition) is 2. The second kappa shape index (κ2) is 9.08. The van der Waals surface area contributed by atoms with Crippen LogP contribution in [0.2, 0.25) is 0 Å². The standard InChI is InChI=1S/C37H41NO/c1-22-17-24(3)33-29-12-9-11-28(34(29)39-32(33)18-22)31-20-30(25(4)21-38-31)27-14-13-26(19-23(27)2)35-36(5,6)15-10-16-37(35,7)8/h9,11-14,17-21,35H,10,15-16H2,1-8H3/i1D3,4D3,35D. The molecule has 2 heteroatoms. The molecular formula is C37H41NO. The van der Waals surface area contributed by atoms with Crippen LogP contribution in [-0.4, -0.2) is 4.98 Å². The van der Waals surface area contributed by atoms with Gasteiger partial charge in [0.2, 0.25) is 0 Å².